The summed E-state index contributed by atoms with van der Waals surface area (Å²) in [4.78, 5) is 4.49. The third kappa shape index (κ3) is 4.92. The number of rotatable bonds is 9. The zero-order chi connectivity index (χ0) is 17.3. The number of ether oxygens (including phenoxy) is 3. The van der Waals surface area contributed by atoms with Crippen molar-refractivity contribution in [2.24, 2.45) is 0 Å². The minimum absolute atomic E-state index is 0.214. The summed E-state index contributed by atoms with van der Waals surface area (Å²) in [6, 6.07) is 18.2. The summed E-state index contributed by atoms with van der Waals surface area (Å²) in [5.41, 5.74) is 2.29. The van der Waals surface area contributed by atoms with E-state index in [4.69, 9.17) is 14.2 Å². The molecular formula is C20H22N2O3. The zero-order valence-electron chi connectivity index (χ0n) is 14.3. The maximum absolute atomic E-state index is 5.55. The Hall–Kier alpha value is -2.63. The molecular weight excluding hydrogens is 316 g/mol. The quantitative estimate of drug-likeness (QED) is 0.442. The molecule has 130 valence electrons. The Kier molecular flexibility index (Phi) is 6.20. The largest absolute Gasteiger partial charge is 0.468 e. The van der Waals surface area contributed by atoms with Gasteiger partial charge in [0.1, 0.15) is 11.6 Å². The van der Waals surface area contributed by atoms with E-state index in [2.05, 4.69) is 21.7 Å². The minimum atomic E-state index is 0.214. The van der Waals surface area contributed by atoms with Gasteiger partial charge in [0, 0.05) is 31.6 Å². The molecule has 1 aromatic heterocycles. The Morgan fingerprint density at radius 1 is 0.960 bits per heavy atom. The van der Waals surface area contributed by atoms with Crippen LogP contribution >= 0.6 is 0 Å². The number of methoxy groups -OCH3 is 1. The van der Waals surface area contributed by atoms with Crippen LogP contribution in [0.5, 0.6) is 5.75 Å². The average molecular weight is 338 g/mol. The molecule has 0 aliphatic rings. The molecule has 0 saturated carbocycles. The summed E-state index contributed by atoms with van der Waals surface area (Å²) < 4.78 is 17.9. The number of nitrogens with zero attached hydrogens (tertiary/aromatic N) is 2. The lowest BCUT2D eigenvalue weighted by Crippen LogP contribution is -2.07. The van der Waals surface area contributed by atoms with Gasteiger partial charge in [-0.2, -0.15) is 0 Å². The molecule has 0 amide bonds. The number of hydrogen-bond donors (Lipinski definition) is 0. The predicted octanol–water partition coefficient (Wildman–Crippen LogP) is 3.60. The van der Waals surface area contributed by atoms with Gasteiger partial charge in [-0.15, -0.1) is 0 Å². The lowest BCUT2D eigenvalue weighted by atomic mass is 10.2. The molecule has 2 aromatic carbocycles. The van der Waals surface area contributed by atoms with Gasteiger partial charge in [0.05, 0.1) is 13.2 Å². The van der Waals surface area contributed by atoms with Crippen LogP contribution in [0.1, 0.15) is 5.56 Å². The smallest absolute Gasteiger partial charge is 0.189 e. The molecule has 5 nitrogen and oxygen atoms in total. The van der Waals surface area contributed by atoms with Gasteiger partial charge in [-0.3, -0.25) is 0 Å². The minimum Gasteiger partial charge on any atom is -0.468 e. The van der Waals surface area contributed by atoms with Gasteiger partial charge in [-0.25, -0.2) is 4.98 Å². The Morgan fingerprint density at radius 3 is 2.52 bits per heavy atom. The maximum Gasteiger partial charge on any atom is 0.189 e. The fraction of sp³-hybridized carbons (Fsp3) is 0.250. The van der Waals surface area contributed by atoms with E-state index in [1.807, 2.05) is 54.9 Å². The second-order valence-corrected chi connectivity index (χ2v) is 5.55. The van der Waals surface area contributed by atoms with Gasteiger partial charge in [-0.05, 0) is 29.8 Å². The molecule has 0 radical (unpaired) electrons. The summed E-state index contributed by atoms with van der Waals surface area (Å²) in [5.74, 6) is 1.70. The number of aromatic nitrogens is 2. The highest BCUT2D eigenvalue weighted by atomic mass is 16.7. The summed E-state index contributed by atoms with van der Waals surface area (Å²) in [5, 5.41) is 0. The second-order valence-electron chi connectivity index (χ2n) is 5.55. The first-order chi connectivity index (χ1) is 12.4. The molecule has 0 bridgehead atoms. The van der Waals surface area contributed by atoms with Crippen LogP contribution in [0.15, 0.2) is 67.0 Å². The molecule has 0 saturated heterocycles. The van der Waals surface area contributed by atoms with Crippen LogP contribution < -0.4 is 4.74 Å². The summed E-state index contributed by atoms with van der Waals surface area (Å²) >= 11 is 0. The Labute approximate surface area is 147 Å². The Bertz CT molecular complexity index is 754. The standard InChI is InChI=1S/C20H22N2O3/c1-23-13-14-24-16-25-19-9-7-18(8-10-19)20-21-11-12-22(20)15-17-5-3-2-4-6-17/h2-12H,13-16H2,1H3. The third-order valence-corrected chi connectivity index (χ3v) is 3.76. The van der Waals surface area contributed by atoms with Gasteiger partial charge in [0.25, 0.3) is 0 Å². The van der Waals surface area contributed by atoms with Crippen molar-refractivity contribution in [1.82, 2.24) is 9.55 Å². The van der Waals surface area contributed by atoms with Crippen molar-refractivity contribution in [2.75, 3.05) is 27.1 Å². The normalized spacial score (nSPS) is 10.8. The fourth-order valence-electron chi connectivity index (χ4n) is 2.49. The van der Waals surface area contributed by atoms with E-state index in [9.17, 15) is 0 Å². The van der Waals surface area contributed by atoms with Crippen LogP contribution in [-0.4, -0.2) is 36.7 Å². The molecule has 0 fully saturated rings. The van der Waals surface area contributed by atoms with E-state index in [0.29, 0.717) is 13.2 Å². The van der Waals surface area contributed by atoms with Crippen molar-refractivity contribution in [3.8, 4) is 17.1 Å². The number of imidazole rings is 1. The van der Waals surface area contributed by atoms with Crippen molar-refractivity contribution >= 4 is 0 Å². The van der Waals surface area contributed by atoms with Crippen molar-refractivity contribution in [3.63, 3.8) is 0 Å². The first-order valence-electron chi connectivity index (χ1n) is 8.22. The molecule has 0 atom stereocenters. The maximum atomic E-state index is 5.55. The molecule has 0 spiro atoms. The zero-order valence-corrected chi connectivity index (χ0v) is 14.3. The fourth-order valence-corrected chi connectivity index (χ4v) is 2.49. The van der Waals surface area contributed by atoms with Crippen molar-refractivity contribution in [3.05, 3.63) is 72.6 Å². The topological polar surface area (TPSA) is 45.5 Å². The molecule has 3 rings (SSSR count). The first kappa shape index (κ1) is 17.2. The van der Waals surface area contributed by atoms with Gasteiger partial charge in [-0.1, -0.05) is 30.3 Å². The van der Waals surface area contributed by atoms with E-state index in [0.717, 1.165) is 23.7 Å². The van der Waals surface area contributed by atoms with E-state index in [1.165, 1.54) is 5.56 Å². The molecule has 0 N–H and O–H groups in total. The number of benzene rings is 2. The van der Waals surface area contributed by atoms with Crippen molar-refractivity contribution in [2.45, 2.75) is 6.54 Å². The van der Waals surface area contributed by atoms with E-state index >= 15 is 0 Å². The van der Waals surface area contributed by atoms with Crippen molar-refractivity contribution < 1.29 is 14.2 Å². The monoisotopic (exact) mass is 338 g/mol. The van der Waals surface area contributed by atoms with Crippen LogP contribution in [-0.2, 0) is 16.0 Å². The Morgan fingerprint density at radius 2 is 1.76 bits per heavy atom. The van der Waals surface area contributed by atoms with Crippen LogP contribution in [0, 0.1) is 0 Å². The van der Waals surface area contributed by atoms with E-state index in [1.54, 1.807) is 7.11 Å². The highest BCUT2D eigenvalue weighted by molar-refractivity contribution is 5.57. The van der Waals surface area contributed by atoms with E-state index in [-0.39, 0.29) is 6.79 Å². The van der Waals surface area contributed by atoms with Gasteiger partial charge in [0.15, 0.2) is 6.79 Å². The Balaban J connectivity index is 1.62. The summed E-state index contributed by atoms with van der Waals surface area (Å²) in [7, 11) is 1.64. The molecule has 5 heteroatoms. The number of hydrogen-bond acceptors (Lipinski definition) is 4. The first-order valence-corrected chi connectivity index (χ1v) is 8.22. The highest BCUT2D eigenvalue weighted by Crippen LogP contribution is 2.22. The van der Waals surface area contributed by atoms with Crippen LogP contribution in [0.4, 0.5) is 0 Å². The third-order valence-electron chi connectivity index (χ3n) is 3.76. The summed E-state index contributed by atoms with van der Waals surface area (Å²) in [6.45, 7) is 2.09. The molecule has 0 aliphatic heterocycles. The molecule has 0 unspecified atom stereocenters. The highest BCUT2D eigenvalue weighted by Gasteiger charge is 2.07. The van der Waals surface area contributed by atoms with Gasteiger partial charge < -0.3 is 18.8 Å². The van der Waals surface area contributed by atoms with Crippen LogP contribution in [0.3, 0.4) is 0 Å². The van der Waals surface area contributed by atoms with Crippen molar-refractivity contribution in [1.29, 1.82) is 0 Å². The van der Waals surface area contributed by atoms with Crippen LogP contribution in [0.2, 0.25) is 0 Å². The van der Waals surface area contributed by atoms with Gasteiger partial charge in [0.2, 0.25) is 0 Å². The molecule has 1 heterocycles. The summed E-state index contributed by atoms with van der Waals surface area (Å²) in [6.07, 6.45) is 3.82. The molecule has 3 aromatic rings. The lowest BCUT2D eigenvalue weighted by molar-refractivity contribution is -0.00846. The predicted molar refractivity (Wildman–Crippen MR) is 96.5 cm³/mol. The van der Waals surface area contributed by atoms with E-state index < -0.39 is 0 Å². The van der Waals surface area contributed by atoms with Crippen LogP contribution in [0.25, 0.3) is 11.4 Å². The second kappa shape index (κ2) is 9.01. The molecule has 25 heavy (non-hydrogen) atoms. The SMILES string of the molecule is COCCOCOc1ccc(-c2nccn2Cc2ccccc2)cc1. The molecule has 0 aliphatic carbocycles. The average Bonchev–Trinajstić information content (AvgIpc) is 3.11. The van der Waals surface area contributed by atoms with Gasteiger partial charge >= 0.3 is 0 Å². The lowest BCUT2D eigenvalue weighted by Gasteiger charge is -2.10.